The highest BCUT2D eigenvalue weighted by molar-refractivity contribution is 9.10. The van der Waals surface area contributed by atoms with Gasteiger partial charge >= 0.3 is 6.09 Å². The first-order valence-electron chi connectivity index (χ1n) is 6.35. The molecule has 1 aromatic heterocycles. The lowest BCUT2D eigenvalue weighted by atomic mass is 10.2. The zero-order valence-electron chi connectivity index (χ0n) is 11.2. The SMILES string of the molecule is O=C(Nc1ccccc1)Oc1nsnc1-c1ccc(Br)cc1. The Morgan fingerprint density at radius 2 is 1.77 bits per heavy atom. The van der Waals surface area contributed by atoms with E-state index >= 15 is 0 Å². The van der Waals surface area contributed by atoms with Gasteiger partial charge in [0.1, 0.15) is 5.69 Å². The molecule has 1 amide bonds. The second-order valence-electron chi connectivity index (χ2n) is 4.31. The third kappa shape index (κ3) is 3.49. The molecule has 0 saturated heterocycles. The van der Waals surface area contributed by atoms with Crippen molar-refractivity contribution >= 4 is 39.4 Å². The van der Waals surface area contributed by atoms with Crippen LogP contribution >= 0.6 is 27.7 Å². The van der Waals surface area contributed by atoms with E-state index in [9.17, 15) is 4.79 Å². The first kappa shape index (κ1) is 14.7. The zero-order chi connectivity index (χ0) is 15.4. The monoisotopic (exact) mass is 375 g/mol. The Morgan fingerprint density at radius 3 is 2.50 bits per heavy atom. The van der Waals surface area contributed by atoms with Gasteiger partial charge in [-0.25, -0.2) is 4.79 Å². The number of rotatable bonds is 3. The van der Waals surface area contributed by atoms with E-state index in [4.69, 9.17) is 4.74 Å². The van der Waals surface area contributed by atoms with E-state index in [1.165, 1.54) is 0 Å². The molecule has 0 aliphatic rings. The Hall–Kier alpha value is -2.25. The lowest BCUT2D eigenvalue weighted by Gasteiger charge is -2.05. The number of carbonyl (C=O) groups is 1. The van der Waals surface area contributed by atoms with Crippen molar-refractivity contribution in [1.82, 2.24) is 8.75 Å². The molecule has 5 nitrogen and oxygen atoms in total. The highest BCUT2D eigenvalue weighted by atomic mass is 79.9. The van der Waals surface area contributed by atoms with Gasteiger partial charge in [0.25, 0.3) is 5.88 Å². The van der Waals surface area contributed by atoms with Crippen molar-refractivity contribution in [2.24, 2.45) is 0 Å². The van der Waals surface area contributed by atoms with E-state index in [0.717, 1.165) is 21.8 Å². The highest BCUT2D eigenvalue weighted by Crippen LogP contribution is 2.29. The van der Waals surface area contributed by atoms with Crippen LogP contribution in [0.25, 0.3) is 11.3 Å². The summed E-state index contributed by atoms with van der Waals surface area (Å²) in [6.07, 6.45) is -0.600. The van der Waals surface area contributed by atoms with Crippen LogP contribution in [-0.4, -0.2) is 14.8 Å². The van der Waals surface area contributed by atoms with Gasteiger partial charge in [-0.05, 0) is 24.3 Å². The molecule has 2 aromatic carbocycles. The third-order valence-electron chi connectivity index (χ3n) is 2.79. The van der Waals surface area contributed by atoms with Gasteiger partial charge < -0.3 is 4.74 Å². The van der Waals surface area contributed by atoms with Crippen LogP contribution in [0.1, 0.15) is 0 Å². The molecule has 110 valence electrons. The number of para-hydroxylation sites is 1. The average molecular weight is 376 g/mol. The molecule has 0 aliphatic carbocycles. The largest absolute Gasteiger partial charge is 0.418 e. The molecule has 0 atom stereocenters. The number of halogens is 1. The van der Waals surface area contributed by atoms with Crippen LogP contribution < -0.4 is 10.1 Å². The predicted molar refractivity (Wildman–Crippen MR) is 89.1 cm³/mol. The Balaban J connectivity index is 1.75. The summed E-state index contributed by atoms with van der Waals surface area (Å²) in [6.45, 7) is 0. The fourth-order valence-electron chi connectivity index (χ4n) is 1.78. The Bertz CT molecular complexity index is 775. The topological polar surface area (TPSA) is 64.1 Å². The second-order valence-corrected chi connectivity index (χ2v) is 5.75. The molecule has 1 N–H and O–H groups in total. The van der Waals surface area contributed by atoms with E-state index < -0.39 is 6.09 Å². The lowest BCUT2D eigenvalue weighted by molar-refractivity contribution is 0.214. The highest BCUT2D eigenvalue weighted by Gasteiger charge is 2.15. The molecule has 0 fully saturated rings. The zero-order valence-corrected chi connectivity index (χ0v) is 13.6. The van der Waals surface area contributed by atoms with Crippen molar-refractivity contribution in [1.29, 1.82) is 0 Å². The Labute approximate surface area is 139 Å². The number of aromatic nitrogens is 2. The molecule has 0 aliphatic heterocycles. The van der Waals surface area contributed by atoms with Gasteiger partial charge in [-0.3, -0.25) is 5.32 Å². The van der Waals surface area contributed by atoms with Crippen LogP contribution in [0, 0.1) is 0 Å². The number of anilines is 1. The van der Waals surface area contributed by atoms with Gasteiger partial charge in [0.2, 0.25) is 0 Å². The van der Waals surface area contributed by atoms with E-state index in [1.54, 1.807) is 12.1 Å². The molecule has 22 heavy (non-hydrogen) atoms. The summed E-state index contributed by atoms with van der Waals surface area (Å²) >= 11 is 4.37. The van der Waals surface area contributed by atoms with E-state index in [0.29, 0.717) is 11.4 Å². The van der Waals surface area contributed by atoms with Crippen LogP contribution in [0.5, 0.6) is 5.88 Å². The molecular weight excluding hydrogens is 366 g/mol. The maximum absolute atomic E-state index is 11.9. The molecule has 0 spiro atoms. The van der Waals surface area contributed by atoms with Crippen LogP contribution in [0.4, 0.5) is 10.5 Å². The van der Waals surface area contributed by atoms with Crippen molar-refractivity contribution in [3.05, 3.63) is 59.1 Å². The molecule has 7 heteroatoms. The molecule has 0 radical (unpaired) electrons. The summed E-state index contributed by atoms with van der Waals surface area (Å²) in [5.74, 6) is 0.195. The van der Waals surface area contributed by atoms with Crippen molar-refractivity contribution in [2.75, 3.05) is 5.32 Å². The number of benzene rings is 2. The first-order chi connectivity index (χ1) is 10.7. The summed E-state index contributed by atoms with van der Waals surface area (Å²) in [5.41, 5.74) is 2.03. The average Bonchev–Trinajstić information content (AvgIpc) is 2.97. The Morgan fingerprint density at radius 1 is 1.05 bits per heavy atom. The number of ether oxygens (including phenoxy) is 1. The van der Waals surface area contributed by atoms with Crippen LogP contribution in [-0.2, 0) is 0 Å². The maximum atomic E-state index is 11.9. The smallest absolute Gasteiger partial charge is 0.388 e. The number of hydrogen-bond acceptors (Lipinski definition) is 5. The summed E-state index contributed by atoms with van der Waals surface area (Å²) in [4.78, 5) is 11.9. The first-order valence-corrected chi connectivity index (χ1v) is 7.87. The van der Waals surface area contributed by atoms with Gasteiger partial charge in [-0.15, -0.1) is 4.37 Å². The van der Waals surface area contributed by atoms with Gasteiger partial charge in [0.15, 0.2) is 0 Å². The normalized spacial score (nSPS) is 10.2. The molecule has 0 unspecified atom stereocenters. The standard InChI is InChI=1S/C15H10BrN3O2S/c16-11-8-6-10(7-9-11)13-14(19-22-18-13)21-15(20)17-12-4-2-1-3-5-12/h1-9H,(H,17,20). The third-order valence-corrected chi connectivity index (χ3v) is 3.83. The molecule has 3 aromatic rings. The van der Waals surface area contributed by atoms with Crippen molar-refractivity contribution in [3.8, 4) is 17.1 Å². The van der Waals surface area contributed by atoms with E-state index in [2.05, 4.69) is 30.0 Å². The number of carbonyl (C=O) groups excluding carboxylic acids is 1. The fraction of sp³-hybridized carbons (Fsp3) is 0. The number of nitrogens with zero attached hydrogens (tertiary/aromatic N) is 2. The summed E-state index contributed by atoms with van der Waals surface area (Å²) in [7, 11) is 0. The maximum Gasteiger partial charge on any atom is 0.418 e. The number of amides is 1. The molecule has 3 rings (SSSR count). The molecule has 0 saturated carbocycles. The van der Waals surface area contributed by atoms with Gasteiger partial charge in [0.05, 0.1) is 11.7 Å². The van der Waals surface area contributed by atoms with Crippen molar-refractivity contribution in [3.63, 3.8) is 0 Å². The lowest BCUT2D eigenvalue weighted by Crippen LogP contribution is -2.17. The predicted octanol–water partition coefficient (Wildman–Crippen LogP) is 4.58. The number of hydrogen-bond donors (Lipinski definition) is 1. The summed E-state index contributed by atoms with van der Waals surface area (Å²) in [5, 5.41) is 2.64. The van der Waals surface area contributed by atoms with Crippen LogP contribution in [0.3, 0.4) is 0 Å². The minimum atomic E-state index is -0.600. The minimum absolute atomic E-state index is 0.195. The molecule has 1 heterocycles. The van der Waals surface area contributed by atoms with Crippen LogP contribution in [0.15, 0.2) is 59.1 Å². The minimum Gasteiger partial charge on any atom is -0.388 e. The second kappa shape index (κ2) is 6.67. The van der Waals surface area contributed by atoms with Crippen LogP contribution in [0.2, 0.25) is 0 Å². The quantitative estimate of drug-likeness (QED) is 0.727. The molecule has 0 bridgehead atoms. The van der Waals surface area contributed by atoms with Crippen molar-refractivity contribution < 1.29 is 9.53 Å². The summed E-state index contributed by atoms with van der Waals surface area (Å²) < 4.78 is 14.4. The van der Waals surface area contributed by atoms with Crippen molar-refractivity contribution in [2.45, 2.75) is 0 Å². The van der Waals surface area contributed by atoms with E-state index in [-0.39, 0.29) is 5.88 Å². The van der Waals surface area contributed by atoms with Gasteiger partial charge in [-0.1, -0.05) is 46.3 Å². The van der Waals surface area contributed by atoms with E-state index in [1.807, 2.05) is 42.5 Å². The van der Waals surface area contributed by atoms with Gasteiger partial charge in [-0.2, -0.15) is 4.37 Å². The Kier molecular flexibility index (Phi) is 4.45. The fourth-order valence-corrected chi connectivity index (χ4v) is 2.55. The summed E-state index contributed by atoms with van der Waals surface area (Å²) in [6, 6.07) is 16.6. The number of nitrogens with one attached hydrogen (secondary N) is 1. The van der Waals surface area contributed by atoms with Gasteiger partial charge in [0, 0.05) is 15.7 Å². The molecular formula is C15H10BrN3O2S.